The van der Waals surface area contributed by atoms with Crippen LogP contribution in [0.25, 0.3) is 33.3 Å². The molecular weight excluding hydrogens is 1270 g/mol. The number of carbonyl (C=O) groups is 4. The highest BCUT2D eigenvalue weighted by atomic mass is 79.9. The summed E-state index contributed by atoms with van der Waals surface area (Å²) in [6.07, 6.45) is 4.96. The highest BCUT2D eigenvalue weighted by molar-refractivity contribution is 9.10. The number of fused-ring (bicyclic) bond motifs is 6. The Labute approximate surface area is 558 Å². The number of rotatable bonds is 20. The largest absolute Gasteiger partial charge is 0.494 e. The molecule has 3 amide bonds. The zero-order chi connectivity index (χ0) is 65.9. The highest BCUT2D eigenvalue weighted by Crippen LogP contribution is 2.53. The number of thiazole rings is 1. The lowest BCUT2D eigenvalue weighted by atomic mass is 9.78. The first kappa shape index (κ1) is 66.8. The SMILES string of the molecule is CO[C@@H](C)c1ncc([C@@H]2C[C@H]3COC[C@@H](C2)N3C(=O)OCC2c3ccccc3-c3ccccc32)cc1-c1c(CC2(COC(=O)[C@@H]3CCCN(C(=O)[C@@H](NC(=O)OC(C)(C)C)[C@H](C)c4nc(Br)cs4)N3)CC2)c2cc(B3OC(C)(C)C(C)(C)O3)ccc2n1CCOC(C)C. The number of hydrogen-bond donors (Lipinski definition) is 2. The van der Waals surface area contributed by atoms with Crippen molar-refractivity contribution >= 4 is 74.8 Å². The van der Waals surface area contributed by atoms with Gasteiger partial charge in [-0.15, -0.1) is 11.3 Å². The molecule has 496 valence electrons. The number of carbonyl (C=O) groups excluding carboxylic acids is 4. The number of nitrogens with one attached hydrogen (secondary N) is 2. The second-order valence-corrected chi connectivity index (χ2v) is 30.3. The second-order valence-electron chi connectivity index (χ2n) is 28.6. The third-order valence-electron chi connectivity index (χ3n) is 20.0. The molecule has 4 saturated heterocycles. The van der Waals surface area contributed by atoms with Gasteiger partial charge in [0.05, 0.1) is 78.3 Å². The molecule has 6 aliphatic rings. The van der Waals surface area contributed by atoms with Gasteiger partial charge in [-0.05, 0) is 187 Å². The number of hydrazine groups is 1. The van der Waals surface area contributed by atoms with Crippen LogP contribution < -0.4 is 16.2 Å². The number of piperidine rings is 1. The van der Waals surface area contributed by atoms with E-state index in [1.807, 2.05) is 44.2 Å². The average molecular weight is 1360 g/mol. The molecule has 1 saturated carbocycles. The van der Waals surface area contributed by atoms with Gasteiger partial charge in [-0.2, -0.15) is 0 Å². The van der Waals surface area contributed by atoms with Gasteiger partial charge in [0.2, 0.25) is 0 Å². The van der Waals surface area contributed by atoms with E-state index >= 15 is 0 Å². The molecule has 7 atom stereocenters. The quantitative estimate of drug-likeness (QED) is 0.0415. The zero-order valence-electron chi connectivity index (χ0n) is 55.7. The number of esters is 1. The third-order valence-corrected chi connectivity index (χ3v) is 21.8. The summed E-state index contributed by atoms with van der Waals surface area (Å²) in [4.78, 5) is 68.8. The zero-order valence-corrected chi connectivity index (χ0v) is 58.1. The summed E-state index contributed by atoms with van der Waals surface area (Å²) in [7, 11) is 1.08. The Hall–Kier alpha value is -6.24. The Morgan fingerprint density at radius 2 is 1.57 bits per heavy atom. The summed E-state index contributed by atoms with van der Waals surface area (Å²) in [6, 6.07) is 23.3. The van der Waals surface area contributed by atoms with E-state index in [0.717, 1.165) is 57.3 Å². The van der Waals surface area contributed by atoms with Crippen molar-refractivity contribution in [2.45, 2.75) is 199 Å². The van der Waals surface area contributed by atoms with Gasteiger partial charge in [0, 0.05) is 65.5 Å². The molecule has 3 aromatic heterocycles. The summed E-state index contributed by atoms with van der Waals surface area (Å²) in [6.45, 7) is 23.9. The van der Waals surface area contributed by atoms with E-state index in [-0.39, 0.29) is 49.3 Å². The van der Waals surface area contributed by atoms with Crippen molar-refractivity contribution in [3.05, 3.63) is 122 Å². The minimum absolute atomic E-state index is 0.0140. The van der Waals surface area contributed by atoms with Gasteiger partial charge >= 0.3 is 25.3 Å². The van der Waals surface area contributed by atoms with Crippen molar-refractivity contribution in [1.29, 1.82) is 0 Å². The predicted octanol–water partition coefficient (Wildman–Crippen LogP) is 12.3. The summed E-state index contributed by atoms with van der Waals surface area (Å²) in [5.74, 6) is -1.43. The van der Waals surface area contributed by atoms with Crippen LogP contribution in [0.4, 0.5) is 9.59 Å². The molecule has 2 aliphatic carbocycles. The van der Waals surface area contributed by atoms with E-state index in [1.165, 1.54) is 38.6 Å². The molecule has 22 heteroatoms. The number of halogens is 1. The summed E-state index contributed by atoms with van der Waals surface area (Å²) in [5.41, 5.74) is 12.2. The van der Waals surface area contributed by atoms with Crippen LogP contribution in [-0.4, -0.2) is 149 Å². The molecule has 0 radical (unpaired) electrons. The van der Waals surface area contributed by atoms with E-state index in [0.29, 0.717) is 74.6 Å². The van der Waals surface area contributed by atoms with Crippen LogP contribution >= 0.6 is 27.3 Å². The highest BCUT2D eigenvalue weighted by Gasteiger charge is 2.53. The van der Waals surface area contributed by atoms with Crippen LogP contribution in [0.3, 0.4) is 0 Å². The molecule has 19 nitrogen and oxygen atoms in total. The van der Waals surface area contributed by atoms with Crippen molar-refractivity contribution in [2.24, 2.45) is 5.41 Å². The Kier molecular flexibility index (Phi) is 19.2. The Balaban J connectivity index is 0.851. The molecule has 0 spiro atoms. The molecule has 6 aromatic rings. The lowest BCUT2D eigenvalue weighted by Crippen LogP contribution is -2.61. The molecule has 2 N–H and O–H groups in total. The number of alkyl carbamates (subject to hydrolysis) is 1. The molecule has 3 aromatic carbocycles. The van der Waals surface area contributed by atoms with Crippen LogP contribution in [0.15, 0.2) is 89.0 Å². The number of amides is 3. The summed E-state index contributed by atoms with van der Waals surface area (Å²) in [5, 5.41) is 7.75. The van der Waals surface area contributed by atoms with Gasteiger partial charge in [0.25, 0.3) is 5.91 Å². The fraction of sp³-hybridized carbons (Fsp3) is 0.549. The fourth-order valence-corrected chi connectivity index (χ4v) is 15.5. The van der Waals surface area contributed by atoms with Crippen molar-refractivity contribution in [1.82, 2.24) is 35.2 Å². The normalized spacial score (nSPS) is 22.3. The smallest absolute Gasteiger partial charge is 0.464 e. The number of methoxy groups -OCH3 is 1. The monoisotopic (exact) mass is 1350 g/mol. The average Bonchev–Trinajstić information content (AvgIpc) is 1.69. The maximum absolute atomic E-state index is 14.6. The number of aromatic nitrogens is 3. The first-order valence-corrected chi connectivity index (χ1v) is 34.7. The van der Waals surface area contributed by atoms with E-state index in [9.17, 15) is 19.2 Å². The number of hydrogen-bond acceptors (Lipinski definition) is 16. The van der Waals surface area contributed by atoms with Gasteiger partial charge in [-0.25, -0.2) is 20.0 Å². The van der Waals surface area contributed by atoms with Crippen molar-refractivity contribution in [3.63, 3.8) is 0 Å². The summed E-state index contributed by atoms with van der Waals surface area (Å²) >= 11 is 4.81. The minimum atomic E-state index is -1.05. The molecule has 93 heavy (non-hydrogen) atoms. The molecule has 2 bridgehead atoms. The molecule has 4 aliphatic heterocycles. The number of morpholine rings is 1. The van der Waals surface area contributed by atoms with Gasteiger partial charge in [-0.1, -0.05) is 67.6 Å². The number of benzene rings is 3. The van der Waals surface area contributed by atoms with Crippen LogP contribution in [0.2, 0.25) is 0 Å². The van der Waals surface area contributed by atoms with Crippen molar-refractivity contribution in [3.8, 4) is 22.4 Å². The molecule has 5 fully saturated rings. The molecule has 12 rings (SSSR count). The number of pyridine rings is 1. The molecule has 7 heterocycles. The van der Waals surface area contributed by atoms with Gasteiger partial charge in [0.15, 0.2) is 0 Å². The lowest BCUT2D eigenvalue weighted by molar-refractivity contribution is -0.154. The Bertz CT molecular complexity index is 3690. The fourth-order valence-electron chi connectivity index (χ4n) is 14.1. The van der Waals surface area contributed by atoms with Crippen molar-refractivity contribution < 1.29 is 56.9 Å². The van der Waals surface area contributed by atoms with Gasteiger partial charge in [-0.3, -0.25) is 24.5 Å². The Morgan fingerprint density at radius 1 is 0.892 bits per heavy atom. The number of nitrogens with zero attached hydrogens (tertiary/aromatic N) is 5. The summed E-state index contributed by atoms with van der Waals surface area (Å²) < 4.78 is 53.6. The maximum Gasteiger partial charge on any atom is 0.494 e. The van der Waals surface area contributed by atoms with Crippen molar-refractivity contribution in [2.75, 3.05) is 46.7 Å². The standard InChI is InChI=1S/C71H89BBrN7O12S/c1-41(2)87-29-28-78-58-24-23-46(72-91-69(8,9)70(10,11)92-72)33-53(58)55(34-71(25-26-71)40-89-65(82)57-22-17-27-79(77-57)64(81)60(76-66(83)90-68(5,6)7)42(3)63-75-59(73)39-93-63)62(78)54-32-45(35-74-61(54)43(4)85-12)44-30-47-36-86-37-48(31-44)80(47)67(84)88-38-56-51-20-15-13-18-49(51)50-19-14-16-21-52(50)56/h13-16,18-21,23-24,32-33,35,39,41-44,47-48,56-57,60,77H,17,22,25-31,34,36-38,40H2,1-12H3,(H,76,83)/t42-,43-,44-,47+,48-,57-,60-/m0/s1. The Morgan fingerprint density at radius 3 is 2.19 bits per heavy atom. The molecule has 0 unspecified atom stereocenters. The first-order valence-electron chi connectivity index (χ1n) is 33.0. The second kappa shape index (κ2) is 26.8. The first-order chi connectivity index (χ1) is 44.3. The predicted molar refractivity (Wildman–Crippen MR) is 360 cm³/mol. The van der Waals surface area contributed by atoms with E-state index in [2.05, 4.69) is 137 Å². The third kappa shape index (κ3) is 13.9. The van der Waals surface area contributed by atoms with Gasteiger partial charge in [0.1, 0.15) is 28.9 Å². The molecular formula is C71H89BBrN7O12S. The van der Waals surface area contributed by atoms with Crippen LogP contribution in [0.1, 0.15) is 171 Å². The number of ether oxygens (including phenoxy) is 6. The minimum Gasteiger partial charge on any atom is -0.464 e. The van der Waals surface area contributed by atoms with E-state index in [1.54, 1.807) is 27.9 Å². The van der Waals surface area contributed by atoms with E-state index in [4.69, 9.17) is 42.7 Å². The van der Waals surface area contributed by atoms with Gasteiger partial charge < -0.3 is 47.6 Å². The topological polar surface area (TPSA) is 203 Å². The maximum atomic E-state index is 14.6. The lowest BCUT2D eigenvalue weighted by Gasteiger charge is -2.47. The van der Waals surface area contributed by atoms with Crippen LogP contribution in [-0.2, 0) is 60.3 Å². The van der Waals surface area contributed by atoms with E-state index < -0.39 is 71.4 Å². The van der Waals surface area contributed by atoms with Crippen LogP contribution in [0, 0.1) is 5.41 Å². The van der Waals surface area contributed by atoms with Crippen LogP contribution in [0.5, 0.6) is 0 Å².